The molecule has 0 aliphatic carbocycles. The average Bonchev–Trinajstić information content (AvgIpc) is 3.22. The molecule has 12 nitrogen and oxygen atoms in total. The first-order valence-electron chi connectivity index (χ1n) is 11.6. The standard InChI is InChI=1S/C24H34N6O6/c1-12(2)20(26)23(34)29-17(8-9-19(25)31)21(32)30-18(22(33)28-13(3)24(35)36)10-14-11-27-16-7-5-4-6-15(14)16/h4-7,11-13,17-18,20,27H,8-10,26H2,1-3H3,(H2,25,31)(H,28,33)(H,29,34)(H,30,32)(H,35,36). The molecule has 4 atom stereocenters. The topological polar surface area (TPSA) is 210 Å². The lowest BCUT2D eigenvalue weighted by atomic mass is 10.0. The van der Waals surface area contributed by atoms with Crippen LogP contribution >= 0.6 is 0 Å². The number of para-hydroxylation sites is 1. The molecular weight excluding hydrogens is 468 g/mol. The van der Waals surface area contributed by atoms with Gasteiger partial charge in [-0.05, 0) is 30.9 Å². The molecule has 0 aliphatic heterocycles. The van der Waals surface area contributed by atoms with E-state index < -0.39 is 53.8 Å². The van der Waals surface area contributed by atoms with Crippen LogP contribution in [0.2, 0.25) is 0 Å². The third-order valence-corrected chi connectivity index (χ3v) is 5.79. The molecule has 0 aliphatic rings. The second-order valence-corrected chi connectivity index (χ2v) is 9.03. The second-order valence-electron chi connectivity index (χ2n) is 9.03. The molecule has 4 unspecified atom stereocenters. The highest BCUT2D eigenvalue weighted by molar-refractivity contribution is 5.95. The molecule has 1 aromatic carbocycles. The molecule has 12 heteroatoms. The quantitative estimate of drug-likeness (QED) is 0.191. The number of nitrogens with two attached hydrogens (primary N) is 2. The molecule has 0 saturated heterocycles. The fraction of sp³-hybridized carbons (Fsp3) is 0.458. The van der Waals surface area contributed by atoms with E-state index >= 15 is 0 Å². The Morgan fingerprint density at radius 2 is 1.56 bits per heavy atom. The van der Waals surface area contributed by atoms with Gasteiger partial charge in [-0.15, -0.1) is 0 Å². The lowest BCUT2D eigenvalue weighted by Crippen LogP contribution is -2.57. The van der Waals surface area contributed by atoms with Gasteiger partial charge in [-0.3, -0.25) is 24.0 Å². The van der Waals surface area contributed by atoms with Gasteiger partial charge >= 0.3 is 5.97 Å². The van der Waals surface area contributed by atoms with E-state index in [1.54, 1.807) is 20.0 Å². The van der Waals surface area contributed by atoms with Gasteiger partial charge in [0.15, 0.2) is 0 Å². The second kappa shape index (κ2) is 12.7. The minimum absolute atomic E-state index is 0.0376. The number of H-pyrrole nitrogens is 1. The van der Waals surface area contributed by atoms with Gasteiger partial charge in [-0.25, -0.2) is 0 Å². The Balaban J connectivity index is 2.29. The van der Waals surface area contributed by atoms with Crippen LogP contribution in [0.15, 0.2) is 30.5 Å². The summed E-state index contributed by atoms with van der Waals surface area (Å²) in [4.78, 5) is 64.4. The third kappa shape index (κ3) is 7.80. The first-order valence-corrected chi connectivity index (χ1v) is 11.6. The zero-order valence-electron chi connectivity index (χ0n) is 20.5. The molecule has 0 radical (unpaired) electrons. The van der Waals surface area contributed by atoms with Crippen LogP contribution in [0.25, 0.3) is 10.9 Å². The lowest BCUT2D eigenvalue weighted by molar-refractivity contribution is -0.141. The predicted molar refractivity (Wildman–Crippen MR) is 132 cm³/mol. The molecule has 0 bridgehead atoms. The highest BCUT2D eigenvalue weighted by Crippen LogP contribution is 2.19. The molecule has 2 aromatic rings. The first-order chi connectivity index (χ1) is 16.9. The fourth-order valence-corrected chi connectivity index (χ4v) is 3.50. The maximum absolute atomic E-state index is 13.2. The number of benzene rings is 1. The van der Waals surface area contributed by atoms with Gasteiger partial charge in [-0.2, -0.15) is 0 Å². The highest BCUT2D eigenvalue weighted by Gasteiger charge is 2.30. The van der Waals surface area contributed by atoms with Crippen LogP contribution in [0.1, 0.15) is 39.2 Å². The van der Waals surface area contributed by atoms with E-state index in [1.165, 1.54) is 6.92 Å². The zero-order chi connectivity index (χ0) is 27.0. The van der Waals surface area contributed by atoms with Crippen molar-refractivity contribution in [3.8, 4) is 0 Å². The maximum atomic E-state index is 13.2. The number of carboxylic acids is 1. The molecule has 196 valence electrons. The van der Waals surface area contributed by atoms with Crippen LogP contribution < -0.4 is 27.4 Å². The zero-order valence-corrected chi connectivity index (χ0v) is 20.5. The number of rotatable bonds is 13. The van der Waals surface area contributed by atoms with Crippen molar-refractivity contribution in [2.45, 2.75) is 64.2 Å². The summed E-state index contributed by atoms with van der Waals surface area (Å²) in [5.41, 5.74) is 12.6. The molecule has 1 aromatic heterocycles. The third-order valence-electron chi connectivity index (χ3n) is 5.79. The SMILES string of the molecule is CC(NC(=O)C(Cc1c[nH]c2ccccc12)NC(=O)C(CCC(N)=O)NC(=O)C(N)C(C)C)C(=O)O. The van der Waals surface area contributed by atoms with E-state index in [4.69, 9.17) is 11.5 Å². The molecule has 36 heavy (non-hydrogen) atoms. The number of nitrogens with one attached hydrogen (secondary N) is 4. The number of hydrogen-bond donors (Lipinski definition) is 7. The van der Waals surface area contributed by atoms with E-state index in [1.807, 2.05) is 24.3 Å². The Hall–Kier alpha value is -3.93. The normalized spacial score (nSPS) is 14.5. The van der Waals surface area contributed by atoms with Crippen molar-refractivity contribution in [2.24, 2.45) is 17.4 Å². The Morgan fingerprint density at radius 3 is 2.17 bits per heavy atom. The predicted octanol–water partition coefficient (Wildman–Crippen LogP) is -0.482. The van der Waals surface area contributed by atoms with Crippen LogP contribution in [0.5, 0.6) is 0 Å². The Morgan fingerprint density at radius 1 is 0.944 bits per heavy atom. The van der Waals surface area contributed by atoms with Crippen molar-refractivity contribution in [3.63, 3.8) is 0 Å². The van der Waals surface area contributed by atoms with E-state index in [2.05, 4.69) is 20.9 Å². The van der Waals surface area contributed by atoms with Crippen molar-refractivity contribution in [1.29, 1.82) is 0 Å². The first kappa shape index (κ1) is 28.3. The molecule has 0 spiro atoms. The van der Waals surface area contributed by atoms with Gasteiger partial charge in [0.1, 0.15) is 18.1 Å². The molecule has 0 fully saturated rings. The van der Waals surface area contributed by atoms with E-state index in [0.717, 1.165) is 10.9 Å². The fourth-order valence-electron chi connectivity index (χ4n) is 3.50. The van der Waals surface area contributed by atoms with Crippen LogP contribution in [-0.2, 0) is 30.4 Å². The van der Waals surface area contributed by atoms with E-state index in [0.29, 0.717) is 5.56 Å². The van der Waals surface area contributed by atoms with Crippen LogP contribution in [0.3, 0.4) is 0 Å². The number of aromatic nitrogens is 1. The molecule has 4 amide bonds. The largest absolute Gasteiger partial charge is 0.480 e. The van der Waals surface area contributed by atoms with Crippen molar-refractivity contribution in [1.82, 2.24) is 20.9 Å². The summed E-state index contributed by atoms with van der Waals surface area (Å²) in [6.45, 7) is 4.79. The maximum Gasteiger partial charge on any atom is 0.325 e. The lowest BCUT2D eigenvalue weighted by Gasteiger charge is -2.25. The van der Waals surface area contributed by atoms with Crippen LogP contribution in [-0.4, -0.2) is 63.9 Å². The molecule has 1 heterocycles. The number of carboxylic acid groups (broad SMARTS) is 1. The van der Waals surface area contributed by atoms with Crippen LogP contribution in [0.4, 0.5) is 0 Å². The smallest absolute Gasteiger partial charge is 0.325 e. The summed E-state index contributed by atoms with van der Waals surface area (Å²) in [6.07, 6.45) is 1.44. The molecule has 9 N–H and O–H groups in total. The number of amides is 4. The summed E-state index contributed by atoms with van der Waals surface area (Å²) >= 11 is 0. The number of aliphatic carboxylic acids is 1. The van der Waals surface area contributed by atoms with Crippen molar-refractivity contribution >= 4 is 40.5 Å². The van der Waals surface area contributed by atoms with E-state index in [9.17, 15) is 29.1 Å². The van der Waals surface area contributed by atoms with E-state index in [-0.39, 0.29) is 25.2 Å². The number of aromatic amines is 1. The monoisotopic (exact) mass is 502 g/mol. The van der Waals surface area contributed by atoms with Gasteiger partial charge in [0.05, 0.1) is 6.04 Å². The van der Waals surface area contributed by atoms with Crippen molar-refractivity contribution < 1.29 is 29.1 Å². The number of fused-ring (bicyclic) bond motifs is 1. The summed E-state index contributed by atoms with van der Waals surface area (Å²) in [6, 6.07) is 2.91. The van der Waals surface area contributed by atoms with Gasteiger partial charge in [0, 0.05) is 29.9 Å². The summed E-state index contributed by atoms with van der Waals surface area (Å²) in [5, 5.41) is 17.5. The number of hydrogen-bond acceptors (Lipinski definition) is 6. The molecular formula is C24H34N6O6. The van der Waals surface area contributed by atoms with Crippen LogP contribution in [0, 0.1) is 5.92 Å². The number of carbonyl (C=O) groups is 5. The minimum atomic E-state index is -1.24. The van der Waals surface area contributed by atoms with Gasteiger partial charge in [0.2, 0.25) is 23.6 Å². The Kier molecular flexibility index (Phi) is 9.97. The summed E-state index contributed by atoms with van der Waals surface area (Å²) < 4.78 is 0. The Bertz CT molecular complexity index is 1110. The summed E-state index contributed by atoms with van der Waals surface area (Å²) in [5.74, 6) is -4.16. The molecule has 0 saturated carbocycles. The summed E-state index contributed by atoms with van der Waals surface area (Å²) in [7, 11) is 0. The Labute approximate surface area is 208 Å². The highest BCUT2D eigenvalue weighted by atomic mass is 16.4. The number of primary amides is 1. The number of carbonyl (C=O) groups excluding carboxylic acids is 4. The van der Waals surface area contributed by atoms with Gasteiger partial charge in [-0.1, -0.05) is 32.0 Å². The van der Waals surface area contributed by atoms with Gasteiger partial charge in [0.25, 0.3) is 0 Å². The van der Waals surface area contributed by atoms with Gasteiger partial charge < -0.3 is 37.5 Å². The van der Waals surface area contributed by atoms with Crippen molar-refractivity contribution in [2.75, 3.05) is 0 Å². The van der Waals surface area contributed by atoms with Crippen molar-refractivity contribution in [3.05, 3.63) is 36.0 Å². The average molecular weight is 503 g/mol. The minimum Gasteiger partial charge on any atom is -0.480 e. The molecule has 2 rings (SSSR count).